The SMILES string of the molecule is N#C/C(=C/c1cn(Cc2cccc([N+](=O)[O-])c2)c2ccccc12)c1ccc2ccccc2c1. The molecule has 33 heavy (non-hydrogen) atoms. The maximum atomic E-state index is 11.2. The Labute approximate surface area is 190 Å². The van der Waals surface area contributed by atoms with E-state index < -0.39 is 0 Å². The van der Waals surface area contributed by atoms with Gasteiger partial charge in [-0.2, -0.15) is 5.26 Å². The third kappa shape index (κ3) is 3.98. The minimum absolute atomic E-state index is 0.0761. The molecule has 5 heteroatoms. The van der Waals surface area contributed by atoms with Crippen LogP contribution in [0.15, 0.2) is 97.2 Å². The largest absolute Gasteiger partial charge is 0.342 e. The number of fused-ring (bicyclic) bond motifs is 2. The molecule has 158 valence electrons. The quantitative estimate of drug-likeness (QED) is 0.175. The van der Waals surface area contributed by atoms with Gasteiger partial charge >= 0.3 is 0 Å². The summed E-state index contributed by atoms with van der Waals surface area (Å²) in [7, 11) is 0. The molecule has 0 amide bonds. The van der Waals surface area contributed by atoms with Gasteiger partial charge in [-0.1, -0.05) is 66.7 Å². The van der Waals surface area contributed by atoms with E-state index in [0.717, 1.165) is 38.4 Å². The van der Waals surface area contributed by atoms with Crippen LogP contribution in [-0.4, -0.2) is 9.49 Å². The smallest absolute Gasteiger partial charge is 0.269 e. The lowest BCUT2D eigenvalue weighted by Crippen LogP contribution is -1.98. The van der Waals surface area contributed by atoms with Gasteiger partial charge in [-0.05, 0) is 40.1 Å². The number of nitrogens with zero attached hydrogens (tertiary/aromatic N) is 3. The molecular formula is C28H19N3O2. The standard InChI is InChI=1S/C28H19N3O2/c29-17-24(23-13-12-21-7-1-2-8-22(21)15-23)16-25-19-30(28-11-4-3-10-27(25)28)18-20-6-5-9-26(14-20)31(32)33/h1-16,19H,18H2/b24-16-. The monoisotopic (exact) mass is 429 g/mol. The van der Waals surface area contributed by atoms with Gasteiger partial charge in [0.15, 0.2) is 0 Å². The van der Waals surface area contributed by atoms with Gasteiger partial charge in [0.1, 0.15) is 0 Å². The van der Waals surface area contributed by atoms with Crippen LogP contribution < -0.4 is 0 Å². The normalized spacial score (nSPS) is 11.5. The van der Waals surface area contributed by atoms with Crippen LogP contribution in [0, 0.1) is 21.4 Å². The predicted octanol–water partition coefficient (Wildman–Crippen LogP) is 6.82. The third-order valence-corrected chi connectivity index (χ3v) is 5.77. The van der Waals surface area contributed by atoms with Crippen LogP contribution in [0.5, 0.6) is 0 Å². The van der Waals surface area contributed by atoms with Gasteiger partial charge in [0.25, 0.3) is 5.69 Å². The van der Waals surface area contributed by atoms with E-state index >= 15 is 0 Å². The van der Waals surface area contributed by atoms with Crippen molar-refractivity contribution in [2.45, 2.75) is 6.54 Å². The second-order valence-corrected chi connectivity index (χ2v) is 7.89. The molecule has 0 unspecified atom stereocenters. The van der Waals surface area contributed by atoms with Crippen LogP contribution in [0.3, 0.4) is 0 Å². The molecule has 5 aromatic rings. The molecule has 0 saturated heterocycles. The third-order valence-electron chi connectivity index (χ3n) is 5.77. The van der Waals surface area contributed by atoms with E-state index in [9.17, 15) is 15.4 Å². The van der Waals surface area contributed by atoms with Crippen LogP contribution in [0.4, 0.5) is 5.69 Å². The minimum Gasteiger partial charge on any atom is -0.342 e. The summed E-state index contributed by atoms with van der Waals surface area (Å²) in [6, 6.07) is 31.1. The molecule has 0 atom stereocenters. The van der Waals surface area contributed by atoms with E-state index in [0.29, 0.717) is 12.1 Å². The van der Waals surface area contributed by atoms with Crippen molar-refractivity contribution in [1.29, 1.82) is 5.26 Å². The minimum atomic E-state index is -0.381. The Balaban J connectivity index is 1.58. The molecule has 0 N–H and O–H groups in total. The number of nitro groups is 1. The first-order valence-electron chi connectivity index (χ1n) is 10.5. The van der Waals surface area contributed by atoms with E-state index in [-0.39, 0.29) is 10.6 Å². The summed E-state index contributed by atoms with van der Waals surface area (Å²) in [5.74, 6) is 0. The van der Waals surface area contributed by atoms with Gasteiger partial charge in [-0.3, -0.25) is 10.1 Å². The van der Waals surface area contributed by atoms with Gasteiger partial charge in [0.05, 0.1) is 16.6 Å². The summed E-state index contributed by atoms with van der Waals surface area (Å²) in [6.07, 6.45) is 3.91. The number of nitriles is 1. The van der Waals surface area contributed by atoms with Crippen LogP contribution in [0.2, 0.25) is 0 Å². The fourth-order valence-electron chi connectivity index (χ4n) is 4.18. The molecule has 0 bridgehead atoms. The molecule has 5 nitrogen and oxygen atoms in total. The first-order chi connectivity index (χ1) is 16.1. The van der Waals surface area contributed by atoms with Gasteiger partial charge in [-0.15, -0.1) is 0 Å². The van der Waals surface area contributed by atoms with Gasteiger partial charge in [0.2, 0.25) is 0 Å². The summed E-state index contributed by atoms with van der Waals surface area (Å²) in [4.78, 5) is 10.8. The summed E-state index contributed by atoms with van der Waals surface area (Å²) in [5.41, 5.74) is 4.31. The molecule has 1 heterocycles. The number of rotatable bonds is 5. The summed E-state index contributed by atoms with van der Waals surface area (Å²) in [6.45, 7) is 0.494. The van der Waals surface area contributed by atoms with Crippen molar-refractivity contribution in [2.24, 2.45) is 0 Å². The molecule has 0 spiro atoms. The fraction of sp³-hybridized carbons (Fsp3) is 0.0357. The summed E-state index contributed by atoms with van der Waals surface area (Å²) >= 11 is 0. The van der Waals surface area contributed by atoms with E-state index in [1.165, 1.54) is 6.07 Å². The Hall–Kier alpha value is -4.69. The number of hydrogen-bond donors (Lipinski definition) is 0. The fourth-order valence-corrected chi connectivity index (χ4v) is 4.18. The first-order valence-corrected chi connectivity index (χ1v) is 10.5. The van der Waals surface area contributed by atoms with Crippen molar-refractivity contribution in [2.75, 3.05) is 0 Å². The van der Waals surface area contributed by atoms with E-state index in [1.807, 2.05) is 79.0 Å². The highest BCUT2D eigenvalue weighted by Crippen LogP contribution is 2.28. The Morgan fingerprint density at radius 1 is 0.939 bits per heavy atom. The van der Waals surface area contributed by atoms with Gasteiger partial charge < -0.3 is 4.57 Å². The lowest BCUT2D eigenvalue weighted by atomic mass is 10.00. The lowest BCUT2D eigenvalue weighted by Gasteiger charge is -2.05. The number of nitro benzene ring substituents is 1. The molecule has 0 fully saturated rings. The first kappa shape index (κ1) is 20.2. The predicted molar refractivity (Wildman–Crippen MR) is 132 cm³/mol. The number of hydrogen-bond acceptors (Lipinski definition) is 3. The number of aromatic nitrogens is 1. The average molecular weight is 429 g/mol. The maximum absolute atomic E-state index is 11.2. The van der Waals surface area contributed by atoms with Crippen molar-refractivity contribution in [1.82, 2.24) is 4.57 Å². The Morgan fingerprint density at radius 2 is 1.73 bits per heavy atom. The van der Waals surface area contributed by atoms with Crippen LogP contribution in [-0.2, 0) is 6.54 Å². The highest BCUT2D eigenvalue weighted by atomic mass is 16.6. The van der Waals surface area contributed by atoms with E-state index in [4.69, 9.17) is 0 Å². The zero-order chi connectivity index (χ0) is 22.8. The zero-order valence-corrected chi connectivity index (χ0v) is 17.7. The summed E-state index contributed by atoms with van der Waals surface area (Å²) in [5, 5.41) is 24.3. The van der Waals surface area contributed by atoms with Crippen molar-refractivity contribution < 1.29 is 4.92 Å². The second kappa shape index (κ2) is 8.45. The average Bonchev–Trinajstić information content (AvgIpc) is 3.19. The van der Waals surface area contributed by atoms with Crippen molar-refractivity contribution >= 4 is 39.0 Å². The molecule has 0 aliphatic rings. The van der Waals surface area contributed by atoms with Crippen LogP contribution in [0.1, 0.15) is 16.7 Å². The highest BCUT2D eigenvalue weighted by Gasteiger charge is 2.11. The van der Waals surface area contributed by atoms with E-state index in [2.05, 4.69) is 16.7 Å². The molecule has 5 rings (SSSR count). The molecule has 0 aliphatic heterocycles. The Kier molecular flexibility index (Phi) is 5.18. The molecule has 0 aliphatic carbocycles. The van der Waals surface area contributed by atoms with E-state index in [1.54, 1.807) is 12.1 Å². The molecule has 0 radical (unpaired) electrons. The lowest BCUT2D eigenvalue weighted by molar-refractivity contribution is -0.384. The number of para-hydroxylation sites is 1. The van der Waals surface area contributed by atoms with Crippen LogP contribution >= 0.6 is 0 Å². The van der Waals surface area contributed by atoms with Crippen molar-refractivity contribution in [3.05, 3.63) is 124 Å². The van der Waals surface area contributed by atoms with Gasteiger partial charge in [-0.25, -0.2) is 0 Å². The van der Waals surface area contributed by atoms with Crippen LogP contribution in [0.25, 0.3) is 33.3 Å². The Bertz CT molecular complexity index is 1590. The number of benzene rings is 4. The molecule has 0 saturated carbocycles. The number of allylic oxidation sites excluding steroid dienone is 1. The topological polar surface area (TPSA) is 71.9 Å². The summed E-state index contributed by atoms with van der Waals surface area (Å²) < 4.78 is 2.07. The van der Waals surface area contributed by atoms with Crippen molar-refractivity contribution in [3.63, 3.8) is 0 Å². The number of non-ortho nitro benzene ring substituents is 1. The molecule has 1 aromatic heterocycles. The highest BCUT2D eigenvalue weighted by molar-refractivity contribution is 5.99. The molecular weight excluding hydrogens is 410 g/mol. The molecule has 4 aromatic carbocycles. The van der Waals surface area contributed by atoms with Crippen molar-refractivity contribution in [3.8, 4) is 6.07 Å². The van der Waals surface area contributed by atoms with Gasteiger partial charge in [0, 0.05) is 41.3 Å². The zero-order valence-electron chi connectivity index (χ0n) is 17.7. The Morgan fingerprint density at radius 3 is 2.55 bits per heavy atom. The second-order valence-electron chi connectivity index (χ2n) is 7.89. The maximum Gasteiger partial charge on any atom is 0.269 e.